The summed E-state index contributed by atoms with van der Waals surface area (Å²) < 4.78 is 18.6. The number of Topliss-reactive ketones (excluding diaryl/α,β-unsaturated/α-hetero) is 1. The molecule has 2 aromatic carbocycles. The van der Waals surface area contributed by atoms with Crippen molar-refractivity contribution in [3.05, 3.63) is 70.1 Å². The highest BCUT2D eigenvalue weighted by atomic mass is 35.5. The fourth-order valence-electron chi connectivity index (χ4n) is 5.20. The number of benzene rings is 2. The number of carbonyl (C=O) groups is 3. The third kappa shape index (κ3) is 5.18. The van der Waals surface area contributed by atoms with Gasteiger partial charge in [-0.15, -0.1) is 0 Å². The quantitative estimate of drug-likeness (QED) is 0.394. The lowest BCUT2D eigenvalue weighted by atomic mass is 10.0. The van der Waals surface area contributed by atoms with Gasteiger partial charge in [0.2, 0.25) is 0 Å². The molecule has 2 aliphatic rings. The summed E-state index contributed by atoms with van der Waals surface area (Å²) in [6.45, 7) is 7.37. The molecule has 2 fully saturated rings. The van der Waals surface area contributed by atoms with E-state index in [-0.39, 0.29) is 40.0 Å². The number of hydrogen-bond acceptors (Lipinski definition) is 5. The van der Waals surface area contributed by atoms with Gasteiger partial charge in [-0.2, -0.15) is 0 Å². The summed E-state index contributed by atoms with van der Waals surface area (Å²) in [6.07, 6.45) is 1.49. The highest BCUT2D eigenvalue weighted by Crippen LogP contribution is 2.29. The predicted molar refractivity (Wildman–Crippen MR) is 142 cm³/mol. The van der Waals surface area contributed by atoms with Gasteiger partial charge < -0.3 is 19.5 Å². The number of H-pyrrole nitrogens is 1. The van der Waals surface area contributed by atoms with E-state index in [0.717, 1.165) is 5.56 Å². The summed E-state index contributed by atoms with van der Waals surface area (Å²) in [5.74, 6) is -1.71. The Kier molecular flexibility index (Phi) is 7.52. The van der Waals surface area contributed by atoms with Gasteiger partial charge >= 0.3 is 0 Å². The zero-order chi connectivity index (χ0) is 27.0. The number of ketones is 1. The Morgan fingerprint density at radius 3 is 2.45 bits per heavy atom. The van der Waals surface area contributed by atoms with Crippen LogP contribution in [-0.4, -0.2) is 88.8 Å². The highest BCUT2D eigenvalue weighted by Gasteiger charge is 2.34. The Morgan fingerprint density at radius 1 is 1.03 bits per heavy atom. The molecule has 0 bridgehead atoms. The maximum Gasteiger partial charge on any atom is 0.295 e. The molecule has 200 valence electrons. The summed E-state index contributed by atoms with van der Waals surface area (Å²) in [5.41, 5.74) is 2.09. The molecular formula is C28H30ClFN4O4. The van der Waals surface area contributed by atoms with Crippen molar-refractivity contribution in [2.45, 2.75) is 32.5 Å². The Bertz CT molecular complexity index is 1370. The van der Waals surface area contributed by atoms with Crippen molar-refractivity contribution in [3.63, 3.8) is 0 Å². The van der Waals surface area contributed by atoms with Crippen molar-refractivity contribution in [2.75, 3.05) is 39.4 Å². The molecular weight excluding hydrogens is 511 g/mol. The van der Waals surface area contributed by atoms with E-state index < -0.39 is 11.7 Å². The topological polar surface area (TPSA) is 86.0 Å². The van der Waals surface area contributed by atoms with Crippen LogP contribution in [0.5, 0.6) is 0 Å². The zero-order valence-electron chi connectivity index (χ0n) is 21.4. The van der Waals surface area contributed by atoms with Gasteiger partial charge in [0.25, 0.3) is 17.6 Å². The van der Waals surface area contributed by atoms with Crippen LogP contribution in [0.25, 0.3) is 10.9 Å². The fourth-order valence-corrected chi connectivity index (χ4v) is 5.45. The normalized spacial score (nSPS) is 20.6. The number of nitrogens with zero attached hydrogens (tertiary/aromatic N) is 3. The molecule has 0 radical (unpaired) electrons. The number of nitrogens with one attached hydrogen (secondary N) is 1. The standard InChI is InChI=1S/C28H30ClFN4O4/c1-17-15-34(18(2)14-33(17)16-19-3-5-20(30)6-4-19)27(36)22-11-21-23(13-31-25(21)12-24(22)29)26(35)28(37)32-7-9-38-10-8-32/h3-6,11-13,17-18,31H,7-10,14-16H2,1-2H3/t17-,18+/m0/s1. The molecule has 1 N–H and O–H groups in total. The number of amides is 2. The molecule has 10 heteroatoms. The Labute approximate surface area is 225 Å². The molecule has 5 rings (SSSR count). The third-order valence-corrected chi connectivity index (χ3v) is 7.72. The molecule has 2 saturated heterocycles. The van der Waals surface area contributed by atoms with Gasteiger partial charge in [0.1, 0.15) is 5.82 Å². The van der Waals surface area contributed by atoms with E-state index in [9.17, 15) is 18.8 Å². The van der Waals surface area contributed by atoms with E-state index in [1.807, 2.05) is 6.92 Å². The molecule has 2 amide bonds. The molecule has 1 aromatic heterocycles. The van der Waals surface area contributed by atoms with Crippen molar-refractivity contribution >= 4 is 40.1 Å². The second-order valence-corrected chi connectivity index (χ2v) is 10.4. The lowest BCUT2D eigenvalue weighted by Gasteiger charge is -2.44. The number of ether oxygens (including phenoxy) is 1. The molecule has 0 unspecified atom stereocenters. The van der Waals surface area contributed by atoms with Gasteiger partial charge in [0, 0.05) is 61.9 Å². The van der Waals surface area contributed by atoms with Crippen molar-refractivity contribution in [1.82, 2.24) is 19.7 Å². The second-order valence-electron chi connectivity index (χ2n) is 10.0. The van der Waals surface area contributed by atoms with Crippen molar-refractivity contribution in [1.29, 1.82) is 0 Å². The van der Waals surface area contributed by atoms with Gasteiger partial charge in [-0.25, -0.2) is 4.39 Å². The van der Waals surface area contributed by atoms with Crippen LogP contribution in [0, 0.1) is 5.82 Å². The van der Waals surface area contributed by atoms with E-state index in [0.29, 0.717) is 56.8 Å². The fraction of sp³-hybridized carbons (Fsp3) is 0.393. The maximum atomic E-state index is 13.7. The molecule has 2 aliphatic heterocycles. The second kappa shape index (κ2) is 10.8. The summed E-state index contributed by atoms with van der Waals surface area (Å²) >= 11 is 6.54. The SMILES string of the molecule is C[C@@H]1CN(Cc2ccc(F)cc2)[C@@H](C)CN1C(=O)c1cc2c(C(=O)C(=O)N3CCOCC3)c[nH]c2cc1Cl. The summed E-state index contributed by atoms with van der Waals surface area (Å²) in [7, 11) is 0. The highest BCUT2D eigenvalue weighted by molar-refractivity contribution is 6.45. The third-order valence-electron chi connectivity index (χ3n) is 7.41. The number of halogens is 2. The van der Waals surface area contributed by atoms with Crippen LogP contribution >= 0.6 is 11.6 Å². The number of carbonyl (C=O) groups excluding carboxylic acids is 3. The van der Waals surface area contributed by atoms with Crippen molar-refractivity contribution < 1.29 is 23.5 Å². The number of rotatable bonds is 5. The first kappa shape index (κ1) is 26.3. The van der Waals surface area contributed by atoms with Gasteiger partial charge in [-0.05, 0) is 43.7 Å². The molecule has 0 aliphatic carbocycles. The molecule has 3 aromatic rings. The van der Waals surface area contributed by atoms with Crippen LogP contribution in [0.3, 0.4) is 0 Å². The van der Waals surface area contributed by atoms with Crippen LogP contribution in [0.2, 0.25) is 5.02 Å². The van der Waals surface area contributed by atoms with E-state index in [1.165, 1.54) is 23.2 Å². The monoisotopic (exact) mass is 540 g/mol. The summed E-state index contributed by atoms with van der Waals surface area (Å²) in [5, 5.41) is 0.761. The first-order valence-corrected chi connectivity index (χ1v) is 13.1. The van der Waals surface area contributed by atoms with Crippen LogP contribution in [0.4, 0.5) is 4.39 Å². The minimum Gasteiger partial charge on any atom is -0.378 e. The first-order valence-electron chi connectivity index (χ1n) is 12.7. The average molecular weight is 541 g/mol. The largest absolute Gasteiger partial charge is 0.378 e. The minimum absolute atomic E-state index is 0.0678. The van der Waals surface area contributed by atoms with Crippen LogP contribution < -0.4 is 0 Å². The lowest BCUT2D eigenvalue weighted by Crippen LogP contribution is -2.57. The molecule has 0 spiro atoms. The van der Waals surface area contributed by atoms with Crippen molar-refractivity contribution in [2.24, 2.45) is 0 Å². The molecule has 2 atom stereocenters. The minimum atomic E-state index is -0.629. The predicted octanol–water partition coefficient (Wildman–Crippen LogP) is 3.74. The van der Waals surface area contributed by atoms with E-state index in [2.05, 4.69) is 16.8 Å². The Hall–Kier alpha value is -3.27. The van der Waals surface area contributed by atoms with Gasteiger partial charge in [0.15, 0.2) is 0 Å². The first-order chi connectivity index (χ1) is 18.2. The van der Waals surface area contributed by atoms with E-state index in [1.54, 1.807) is 29.2 Å². The molecule has 8 nitrogen and oxygen atoms in total. The van der Waals surface area contributed by atoms with E-state index in [4.69, 9.17) is 16.3 Å². The van der Waals surface area contributed by atoms with Crippen LogP contribution in [0.15, 0.2) is 42.6 Å². The summed E-state index contributed by atoms with van der Waals surface area (Å²) in [4.78, 5) is 48.2. The number of aromatic nitrogens is 1. The smallest absolute Gasteiger partial charge is 0.295 e. The molecule has 0 saturated carbocycles. The number of piperazine rings is 1. The molecule has 3 heterocycles. The number of hydrogen-bond donors (Lipinski definition) is 1. The number of aromatic amines is 1. The number of fused-ring (bicyclic) bond motifs is 1. The summed E-state index contributed by atoms with van der Waals surface area (Å²) in [6, 6.07) is 9.67. The lowest BCUT2D eigenvalue weighted by molar-refractivity contribution is -0.130. The number of morpholine rings is 1. The Morgan fingerprint density at radius 2 is 1.74 bits per heavy atom. The molecule has 38 heavy (non-hydrogen) atoms. The maximum absolute atomic E-state index is 13.7. The van der Waals surface area contributed by atoms with E-state index >= 15 is 0 Å². The van der Waals surface area contributed by atoms with Crippen LogP contribution in [0.1, 0.15) is 40.1 Å². The van der Waals surface area contributed by atoms with Crippen LogP contribution in [-0.2, 0) is 16.1 Å². The van der Waals surface area contributed by atoms with Gasteiger partial charge in [0.05, 0.1) is 29.4 Å². The Balaban J connectivity index is 1.35. The van der Waals surface area contributed by atoms with Crippen molar-refractivity contribution in [3.8, 4) is 0 Å². The van der Waals surface area contributed by atoms with Gasteiger partial charge in [-0.1, -0.05) is 23.7 Å². The van der Waals surface area contributed by atoms with Gasteiger partial charge in [-0.3, -0.25) is 19.3 Å². The average Bonchev–Trinajstić information content (AvgIpc) is 3.33. The zero-order valence-corrected chi connectivity index (χ0v) is 22.1.